The quantitative estimate of drug-likeness (QED) is 0.887. The Balaban J connectivity index is 1.78. The number of furan rings is 1. The molecule has 1 heterocycles. The van der Waals surface area contributed by atoms with Gasteiger partial charge in [0, 0.05) is 18.0 Å². The second-order valence-electron chi connectivity index (χ2n) is 5.63. The SMILES string of the molecule is NCC(NC(=O)c1cc2cccc(Br)c2o1)C1CCCC1. The molecule has 4 nitrogen and oxygen atoms in total. The van der Waals surface area contributed by atoms with Gasteiger partial charge in [-0.2, -0.15) is 0 Å². The summed E-state index contributed by atoms with van der Waals surface area (Å²) >= 11 is 3.43. The molecule has 0 aliphatic heterocycles. The van der Waals surface area contributed by atoms with Gasteiger partial charge < -0.3 is 15.5 Å². The molecule has 0 spiro atoms. The molecule has 2 aromatic rings. The molecule has 1 saturated carbocycles. The Morgan fingerprint density at radius 3 is 2.86 bits per heavy atom. The van der Waals surface area contributed by atoms with E-state index in [1.165, 1.54) is 12.8 Å². The van der Waals surface area contributed by atoms with Gasteiger partial charge in [0.05, 0.1) is 4.47 Å². The number of hydrogen-bond acceptors (Lipinski definition) is 3. The molecule has 1 amide bonds. The summed E-state index contributed by atoms with van der Waals surface area (Å²) in [7, 11) is 0. The monoisotopic (exact) mass is 350 g/mol. The Bertz CT molecular complexity index is 647. The van der Waals surface area contributed by atoms with Crippen LogP contribution in [-0.2, 0) is 0 Å². The maximum absolute atomic E-state index is 12.4. The predicted octanol–water partition coefficient (Wildman–Crippen LogP) is 3.44. The van der Waals surface area contributed by atoms with Crippen molar-refractivity contribution in [2.24, 2.45) is 11.7 Å². The summed E-state index contributed by atoms with van der Waals surface area (Å²) in [5, 5.41) is 3.95. The average molecular weight is 351 g/mol. The van der Waals surface area contributed by atoms with Crippen LogP contribution >= 0.6 is 15.9 Å². The first-order chi connectivity index (χ1) is 10.2. The smallest absolute Gasteiger partial charge is 0.287 e. The van der Waals surface area contributed by atoms with E-state index in [-0.39, 0.29) is 11.9 Å². The van der Waals surface area contributed by atoms with E-state index in [1.807, 2.05) is 18.2 Å². The fourth-order valence-corrected chi connectivity index (χ4v) is 3.57. The molecule has 3 N–H and O–H groups in total. The number of carbonyl (C=O) groups is 1. The number of fused-ring (bicyclic) bond motifs is 1. The van der Waals surface area contributed by atoms with Crippen molar-refractivity contribution in [1.29, 1.82) is 0 Å². The van der Waals surface area contributed by atoms with Crippen LogP contribution in [0.2, 0.25) is 0 Å². The molecule has 1 atom stereocenters. The molecule has 5 heteroatoms. The maximum atomic E-state index is 12.4. The van der Waals surface area contributed by atoms with Gasteiger partial charge in [0.15, 0.2) is 5.76 Å². The van der Waals surface area contributed by atoms with Crippen LogP contribution in [0, 0.1) is 5.92 Å². The minimum atomic E-state index is -0.180. The fourth-order valence-electron chi connectivity index (χ4n) is 3.11. The van der Waals surface area contributed by atoms with Crippen molar-refractivity contribution in [1.82, 2.24) is 5.32 Å². The van der Waals surface area contributed by atoms with Crippen LogP contribution in [0.15, 0.2) is 33.2 Å². The highest BCUT2D eigenvalue weighted by atomic mass is 79.9. The first kappa shape index (κ1) is 14.6. The number of hydrogen-bond donors (Lipinski definition) is 2. The van der Waals surface area contributed by atoms with Crippen LogP contribution in [0.5, 0.6) is 0 Å². The Hall–Kier alpha value is -1.33. The van der Waals surface area contributed by atoms with Crippen LogP contribution in [0.3, 0.4) is 0 Å². The number of para-hydroxylation sites is 1. The number of nitrogens with two attached hydrogens (primary N) is 1. The summed E-state index contributed by atoms with van der Waals surface area (Å²) in [4.78, 5) is 12.4. The predicted molar refractivity (Wildman–Crippen MR) is 86.2 cm³/mol. The lowest BCUT2D eigenvalue weighted by atomic mass is 9.98. The molecule has 1 fully saturated rings. The highest BCUT2D eigenvalue weighted by Gasteiger charge is 2.26. The first-order valence-electron chi connectivity index (χ1n) is 7.38. The molecule has 1 aliphatic rings. The van der Waals surface area contributed by atoms with Crippen LogP contribution in [0.25, 0.3) is 11.0 Å². The largest absolute Gasteiger partial charge is 0.450 e. The Morgan fingerprint density at radius 2 is 2.19 bits per heavy atom. The van der Waals surface area contributed by atoms with E-state index in [0.717, 1.165) is 22.7 Å². The van der Waals surface area contributed by atoms with E-state index in [0.29, 0.717) is 23.8 Å². The lowest BCUT2D eigenvalue weighted by molar-refractivity contribution is 0.0898. The van der Waals surface area contributed by atoms with Crippen LogP contribution in [0.1, 0.15) is 36.2 Å². The molecular formula is C16H19BrN2O2. The lowest BCUT2D eigenvalue weighted by Gasteiger charge is -2.22. The van der Waals surface area contributed by atoms with E-state index in [2.05, 4.69) is 21.2 Å². The van der Waals surface area contributed by atoms with E-state index in [9.17, 15) is 4.79 Å². The number of rotatable bonds is 4. The zero-order chi connectivity index (χ0) is 14.8. The summed E-state index contributed by atoms with van der Waals surface area (Å²) in [6.45, 7) is 0.473. The van der Waals surface area contributed by atoms with Gasteiger partial charge in [-0.3, -0.25) is 4.79 Å². The summed E-state index contributed by atoms with van der Waals surface area (Å²) < 4.78 is 6.52. The van der Waals surface area contributed by atoms with E-state index in [4.69, 9.17) is 10.2 Å². The van der Waals surface area contributed by atoms with E-state index >= 15 is 0 Å². The third-order valence-corrected chi connectivity index (χ3v) is 4.88. The Kier molecular flexibility index (Phi) is 4.31. The molecule has 0 radical (unpaired) electrons. The van der Waals surface area contributed by atoms with Crippen LogP contribution in [-0.4, -0.2) is 18.5 Å². The molecule has 112 valence electrons. The minimum absolute atomic E-state index is 0.0386. The van der Waals surface area contributed by atoms with Crippen molar-refractivity contribution in [2.75, 3.05) is 6.54 Å². The molecule has 0 saturated heterocycles. The van der Waals surface area contributed by atoms with Gasteiger partial charge in [-0.25, -0.2) is 0 Å². The molecule has 1 aromatic heterocycles. The van der Waals surface area contributed by atoms with Crippen molar-refractivity contribution in [3.05, 3.63) is 34.5 Å². The van der Waals surface area contributed by atoms with Gasteiger partial charge in [-0.05, 0) is 46.8 Å². The molecular weight excluding hydrogens is 332 g/mol. The van der Waals surface area contributed by atoms with Crippen LogP contribution in [0.4, 0.5) is 0 Å². The second-order valence-corrected chi connectivity index (χ2v) is 6.48. The summed E-state index contributed by atoms with van der Waals surface area (Å²) in [6.07, 6.45) is 4.75. The van der Waals surface area contributed by atoms with Crippen molar-refractivity contribution in [2.45, 2.75) is 31.7 Å². The van der Waals surface area contributed by atoms with Gasteiger partial charge >= 0.3 is 0 Å². The zero-order valence-corrected chi connectivity index (χ0v) is 13.4. The van der Waals surface area contributed by atoms with Gasteiger partial charge in [-0.15, -0.1) is 0 Å². The van der Waals surface area contributed by atoms with Gasteiger partial charge in [0.2, 0.25) is 0 Å². The number of amides is 1. The summed E-state index contributed by atoms with van der Waals surface area (Å²) in [5.41, 5.74) is 6.53. The van der Waals surface area contributed by atoms with Crippen molar-refractivity contribution in [3.63, 3.8) is 0 Å². The number of halogens is 1. The highest BCUT2D eigenvalue weighted by molar-refractivity contribution is 9.10. The van der Waals surface area contributed by atoms with Crippen molar-refractivity contribution < 1.29 is 9.21 Å². The number of benzene rings is 1. The standard InChI is InChI=1S/C16H19BrN2O2/c17-12-7-3-6-11-8-14(21-15(11)12)16(20)19-13(9-18)10-4-1-2-5-10/h3,6-8,10,13H,1-2,4-5,9,18H2,(H,19,20). The third kappa shape index (κ3) is 2.99. The highest BCUT2D eigenvalue weighted by Crippen LogP contribution is 2.29. The normalized spacial score (nSPS) is 17.2. The van der Waals surface area contributed by atoms with Gasteiger partial charge in [0.25, 0.3) is 5.91 Å². The summed E-state index contributed by atoms with van der Waals surface area (Å²) in [5.74, 6) is 0.656. The van der Waals surface area contributed by atoms with Gasteiger partial charge in [-0.1, -0.05) is 25.0 Å². The Labute approximate surface area is 132 Å². The molecule has 1 aromatic carbocycles. The third-order valence-electron chi connectivity index (χ3n) is 4.26. The topological polar surface area (TPSA) is 68.3 Å². The minimum Gasteiger partial charge on any atom is -0.450 e. The average Bonchev–Trinajstić information content (AvgIpc) is 3.14. The number of nitrogens with one attached hydrogen (secondary N) is 1. The molecule has 0 bridgehead atoms. The molecule has 1 aliphatic carbocycles. The number of carbonyl (C=O) groups excluding carboxylic acids is 1. The van der Waals surface area contributed by atoms with Crippen LogP contribution < -0.4 is 11.1 Å². The second kappa shape index (κ2) is 6.20. The fraction of sp³-hybridized carbons (Fsp3) is 0.438. The first-order valence-corrected chi connectivity index (χ1v) is 8.17. The van der Waals surface area contributed by atoms with Crippen molar-refractivity contribution >= 4 is 32.8 Å². The van der Waals surface area contributed by atoms with Crippen molar-refractivity contribution in [3.8, 4) is 0 Å². The van der Waals surface area contributed by atoms with Gasteiger partial charge in [0.1, 0.15) is 5.58 Å². The maximum Gasteiger partial charge on any atom is 0.287 e. The summed E-state index contributed by atoms with van der Waals surface area (Å²) in [6, 6.07) is 7.56. The Morgan fingerprint density at radius 1 is 1.43 bits per heavy atom. The molecule has 3 rings (SSSR count). The molecule has 1 unspecified atom stereocenters. The van der Waals surface area contributed by atoms with E-state index in [1.54, 1.807) is 6.07 Å². The molecule has 21 heavy (non-hydrogen) atoms. The lowest BCUT2D eigenvalue weighted by Crippen LogP contribution is -2.44. The zero-order valence-electron chi connectivity index (χ0n) is 11.8. The van der Waals surface area contributed by atoms with E-state index < -0.39 is 0 Å².